The Labute approximate surface area is 142 Å². The molecule has 1 saturated heterocycles. The Kier molecular flexibility index (Phi) is 4.60. The van der Waals surface area contributed by atoms with E-state index < -0.39 is 0 Å². The molecule has 1 aromatic carbocycles. The molecule has 2 N–H and O–H groups in total. The summed E-state index contributed by atoms with van der Waals surface area (Å²) in [6.45, 7) is 11.1. The van der Waals surface area contributed by atoms with Crippen LogP contribution in [0.2, 0.25) is 0 Å². The summed E-state index contributed by atoms with van der Waals surface area (Å²) in [6.07, 6.45) is 0.457. The van der Waals surface area contributed by atoms with Gasteiger partial charge >= 0.3 is 0 Å². The Hall–Kier alpha value is -1.92. The molecule has 0 bridgehead atoms. The highest BCUT2D eigenvalue weighted by molar-refractivity contribution is 5.78. The highest BCUT2D eigenvalue weighted by atomic mass is 16.5. The molecule has 2 atom stereocenters. The summed E-state index contributed by atoms with van der Waals surface area (Å²) in [5.41, 5.74) is 0.515. The summed E-state index contributed by atoms with van der Waals surface area (Å²) in [4.78, 5) is 21.9. The van der Waals surface area contributed by atoms with Gasteiger partial charge in [0, 0.05) is 25.2 Å². The average molecular weight is 330 g/mol. The summed E-state index contributed by atoms with van der Waals surface area (Å²) in [5, 5.41) is 3.91. The van der Waals surface area contributed by atoms with Crippen molar-refractivity contribution in [3.8, 4) is 0 Å². The molecule has 2 aromatic rings. The van der Waals surface area contributed by atoms with Crippen molar-refractivity contribution in [3.63, 3.8) is 0 Å². The lowest BCUT2D eigenvalue weighted by atomic mass is 10.00. The number of anilines is 1. The molecule has 3 rings (SSSR count). The molecule has 2 heterocycles. The van der Waals surface area contributed by atoms with Crippen LogP contribution in [0.4, 0.5) is 5.95 Å². The number of morpholine rings is 1. The molecule has 1 fully saturated rings. The molecule has 1 aliphatic rings. The van der Waals surface area contributed by atoms with Gasteiger partial charge in [0.2, 0.25) is 5.95 Å². The normalized spacial score (nSPS) is 22.7. The van der Waals surface area contributed by atoms with Crippen LogP contribution in [0.1, 0.15) is 27.7 Å². The van der Waals surface area contributed by atoms with Crippen LogP contribution in [0, 0.1) is 0 Å². The highest BCUT2D eigenvalue weighted by Gasteiger charge is 2.33. The van der Waals surface area contributed by atoms with E-state index in [1.165, 1.54) is 0 Å². The van der Waals surface area contributed by atoms with Gasteiger partial charge in [-0.3, -0.25) is 14.7 Å². The second-order valence-corrected chi connectivity index (χ2v) is 7.26. The van der Waals surface area contributed by atoms with Crippen LogP contribution in [0.25, 0.3) is 10.9 Å². The molecular weight excluding hydrogens is 304 g/mol. The van der Waals surface area contributed by atoms with Crippen molar-refractivity contribution in [3.05, 3.63) is 34.6 Å². The van der Waals surface area contributed by atoms with Gasteiger partial charge in [-0.15, -0.1) is 0 Å². The molecule has 2 unspecified atom stereocenters. The Morgan fingerprint density at radius 2 is 1.96 bits per heavy atom. The lowest BCUT2D eigenvalue weighted by Crippen LogP contribution is -2.57. The van der Waals surface area contributed by atoms with Crippen LogP contribution in [-0.4, -0.2) is 52.2 Å². The number of aromatic amines is 1. The van der Waals surface area contributed by atoms with Crippen molar-refractivity contribution in [2.24, 2.45) is 0 Å². The first-order valence-corrected chi connectivity index (χ1v) is 8.48. The molecule has 130 valence electrons. The topological polar surface area (TPSA) is 70.2 Å². The minimum absolute atomic E-state index is 0.0729. The van der Waals surface area contributed by atoms with Crippen LogP contribution in [0.5, 0.6) is 0 Å². The number of ether oxygens (including phenoxy) is 1. The van der Waals surface area contributed by atoms with Gasteiger partial charge in [-0.1, -0.05) is 12.1 Å². The first kappa shape index (κ1) is 16.9. The van der Waals surface area contributed by atoms with Crippen molar-refractivity contribution in [1.29, 1.82) is 0 Å². The SMILES string of the molecule is CC1CN(C(C)(C)CNc2nc3ccccc3c(=O)[nH]2)CC(C)O1. The number of nitrogens with one attached hydrogen (secondary N) is 2. The zero-order chi connectivity index (χ0) is 17.3. The van der Waals surface area contributed by atoms with Crippen molar-refractivity contribution < 1.29 is 4.74 Å². The number of nitrogens with zero attached hydrogens (tertiary/aromatic N) is 2. The second-order valence-electron chi connectivity index (χ2n) is 7.26. The van der Waals surface area contributed by atoms with Crippen LogP contribution < -0.4 is 10.9 Å². The van der Waals surface area contributed by atoms with E-state index in [1.807, 2.05) is 18.2 Å². The number of benzene rings is 1. The average Bonchev–Trinajstić information content (AvgIpc) is 2.52. The van der Waals surface area contributed by atoms with Crippen LogP contribution in [0.15, 0.2) is 29.1 Å². The summed E-state index contributed by atoms with van der Waals surface area (Å²) >= 11 is 0. The van der Waals surface area contributed by atoms with Gasteiger partial charge in [-0.2, -0.15) is 0 Å². The molecule has 0 spiro atoms. The molecule has 0 aliphatic carbocycles. The summed E-state index contributed by atoms with van der Waals surface area (Å²) < 4.78 is 5.82. The number of rotatable bonds is 4. The first-order valence-electron chi connectivity index (χ1n) is 8.48. The third-order valence-corrected chi connectivity index (χ3v) is 4.58. The summed E-state index contributed by atoms with van der Waals surface area (Å²) in [5.74, 6) is 0.515. The van der Waals surface area contributed by atoms with Gasteiger partial charge < -0.3 is 10.1 Å². The maximum atomic E-state index is 12.1. The highest BCUT2D eigenvalue weighted by Crippen LogP contribution is 2.21. The number of H-pyrrole nitrogens is 1. The van der Waals surface area contributed by atoms with Gasteiger partial charge in [0.15, 0.2) is 0 Å². The van der Waals surface area contributed by atoms with Crippen molar-refractivity contribution in [1.82, 2.24) is 14.9 Å². The zero-order valence-electron chi connectivity index (χ0n) is 14.8. The molecule has 6 heteroatoms. The van der Waals surface area contributed by atoms with Crippen molar-refractivity contribution in [2.45, 2.75) is 45.4 Å². The third kappa shape index (κ3) is 3.60. The summed E-state index contributed by atoms with van der Waals surface area (Å²) in [7, 11) is 0. The second kappa shape index (κ2) is 6.53. The van der Waals surface area contributed by atoms with Gasteiger partial charge in [0.05, 0.1) is 23.1 Å². The van der Waals surface area contributed by atoms with Crippen LogP contribution in [0.3, 0.4) is 0 Å². The fourth-order valence-electron chi connectivity index (χ4n) is 3.25. The summed E-state index contributed by atoms with van der Waals surface area (Å²) in [6, 6.07) is 7.37. The van der Waals surface area contributed by atoms with E-state index >= 15 is 0 Å². The Morgan fingerprint density at radius 1 is 1.29 bits per heavy atom. The zero-order valence-corrected chi connectivity index (χ0v) is 14.8. The predicted octanol–water partition coefficient (Wildman–Crippen LogP) is 2.22. The maximum Gasteiger partial charge on any atom is 0.260 e. The van der Waals surface area contributed by atoms with Crippen molar-refractivity contribution >= 4 is 16.9 Å². The molecule has 0 amide bonds. The van der Waals surface area contributed by atoms with E-state index in [1.54, 1.807) is 6.07 Å². The van der Waals surface area contributed by atoms with Crippen LogP contribution >= 0.6 is 0 Å². The number of para-hydroxylation sites is 1. The lowest BCUT2D eigenvalue weighted by molar-refractivity contribution is -0.0933. The van der Waals surface area contributed by atoms with E-state index in [-0.39, 0.29) is 23.3 Å². The number of hydrogen-bond donors (Lipinski definition) is 2. The molecule has 1 aromatic heterocycles. The van der Waals surface area contributed by atoms with E-state index in [2.05, 4.69) is 47.9 Å². The molecule has 0 saturated carbocycles. The Bertz CT molecular complexity index is 761. The molecule has 24 heavy (non-hydrogen) atoms. The predicted molar refractivity (Wildman–Crippen MR) is 96.5 cm³/mol. The van der Waals surface area contributed by atoms with Crippen molar-refractivity contribution in [2.75, 3.05) is 25.0 Å². The van der Waals surface area contributed by atoms with E-state index in [0.29, 0.717) is 23.4 Å². The minimum Gasteiger partial charge on any atom is -0.373 e. The van der Waals surface area contributed by atoms with Gasteiger partial charge in [-0.05, 0) is 39.8 Å². The fraction of sp³-hybridized carbons (Fsp3) is 0.556. The monoisotopic (exact) mass is 330 g/mol. The molecule has 1 aliphatic heterocycles. The van der Waals surface area contributed by atoms with Crippen LogP contribution in [-0.2, 0) is 4.74 Å². The third-order valence-electron chi connectivity index (χ3n) is 4.58. The Balaban J connectivity index is 1.73. The fourth-order valence-corrected chi connectivity index (χ4v) is 3.25. The quantitative estimate of drug-likeness (QED) is 0.899. The minimum atomic E-state index is -0.116. The van der Waals surface area contributed by atoms with Gasteiger partial charge in [0.1, 0.15) is 0 Å². The van der Waals surface area contributed by atoms with Gasteiger partial charge in [-0.25, -0.2) is 4.98 Å². The molecule has 6 nitrogen and oxygen atoms in total. The maximum absolute atomic E-state index is 12.1. The smallest absolute Gasteiger partial charge is 0.260 e. The standard InChI is InChI=1S/C18H26N4O2/c1-12-9-22(10-13(2)24-12)18(3,4)11-19-17-20-15-8-6-5-7-14(15)16(23)21-17/h5-8,12-13H,9-11H2,1-4H3,(H2,19,20,21,23). The van der Waals surface area contributed by atoms with E-state index in [4.69, 9.17) is 4.74 Å². The number of aromatic nitrogens is 2. The molecule has 0 radical (unpaired) electrons. The number of hydrogen-bond acceptors (Lipinski definition) is 5. The van der Waals surface area contributed by atoms with E-state index in [9.17, 15) is 4.79 Å². The lowest BCUT2D eigenvalue weighted by Gasteiger charge is -2.45. The van der Waals surface area contributed by atoms with Gasteiger partial charge in [0.25, 0.3) is 5.56 Å². The number of fused-ring (bicyclic) bond motifs is 1. The molecular formula is C18H26N4O2. The largest absolute Gasteiger partial charge is 0.373 e. The van der Waals surface area contributed by atoms with E-state index in [0.717, 1.165) is 13.1 Å². The first-order chi connectivity index (χ1) is 11.3. The Morgan fingerprint density at radius 3 is 2.67 bits per heavy atom.